The Balaban J connectivity index is 1.99. The number of carbonyl (C=O) groups is 2. The molecule has 3 amide bonds. The Morgan fingerprint density at radius 1 is 1.36 bits per heavy atom. The number of nitrogens with zero attached hydrogens (tertiary/aromatic N) is 2. The third-order valence-electron chi connectivity index (χ3n) is 4.27. The Hall–Kier alpha value is -1.98. The second-order valence-electron chi connectivity index (χ2n) is 5.89. The van der Waals surface area contributed by atoms with Gasteiger partial charge in [0.1, 0.15) is 0 Å². The van der Waals surface area contributed by atoms with Crippen LogP contribution in [0.15, 0.2) is 18.3 Å². The molecule has 22 heavy (non-hydrogen) atoms. The molecule has 2 heterocycles. The first-order chi connectivity index (χ1) is 10.6. The first-order valence-electron chi connectivity index (χ1n) is 8.03. The minimum Gasteiger partial charge on any atom is -0.353 e. The largest absolute Gasteiger partial charge is 0.353 e. The van der Waals surface area contributed by atoms with Crippen LogP contribution in [0.4, 0.5) is 4.79 Å². The molecule has 6 heteroatoms. The standard InChI is InChI=1S/C16H26N4O2/c1-19-11-6-8-13(19)14-7-3-2-4-12-20(14)15(21)9-5-10-18-16(17)22/h6,8,11,14H,2-5,7,9-10,12H2,1H3,(H3,17,18,22)/t14-/m1/s1. The van der Waals surface area contributed by atoms with Gasteiger partial charge in [0, 0.05) is 38.4 Å². The molecule has 0 bridgehead atoms. The number of aryl methyl sites for hydroxylation is 1. The lowest BCUT2D eigenvalue weighted by atomic mass is 10.1. The van der Waals surface area contributed by atoms with E-state index in [1.54, 1.807) is 0 Å². The first-order valence-corrected chi connectivity index (χ1v) is 8.03. The molecule has 6 nitrogen and oxygen atoms in total. The maximum absolute atomic E-state index is 12.6. The van der Waals surface area contributed by atoms with Gasteiger partial charge in [-0.3, -0.25) is 4.79 Å². The number of amides is 3. The second-order valence-corrected chi connectivity index (χ2v) is 5.89. The number of nitrogens with one attached hydrogen (secondary N) is 1. The van der Waals surface area contributed by atoms with Gasteiger partial charge in [0.2, 0.25) is 5.91 Å². The summed E-state index contributed by atoms with van der Waals surface area (Å²) < 4.78 is 2.10. The quantitative estimate of drug-likeness (QED) is 0.815. The summed E-state index contributed by atoms with van der Waals surface area (Å²) in [6.07, 6.45) is 7.51. The third kappa shape index (κ3) is 4.26. The van der Waals surface area contributed by atoms with Gasteiger partial charge in [-0.25, -0.2) is 4.79 Å². The van der Waals surface area contributed by atoms with Crippen molar-refractivity contribution in [2.45, 2.75) is 44.6 Å². The van der Waals surface area contributed by atoms with Crippen LogP contribution in [0.5, 0.6) is 0 Å². The van der Waals surface area contributed by atoms with Gasteiger partial charge in [0.05, 0.1) is 6.04 Å². The predicted molar refractivity (Wildman–Crippen MR) is 85.2 cm³/mol. The van der Waals surface area contributed by atoms with Crippen molar-refractivity contribution < 1.29 is 9.59 Å². The molecule has 1 aromatic rings. The number of likely N-dealkylation sites (tertiary alicyclic amines) is 1. The van der Waals surface area contributed by atoms with Crippen LogP contribution in [0.3, 0.4) is 0 Å². The lowest BCUT2D eigenvalue weighted by Crippen LogP contribution is -2.36. The van der Waals surface area contributed by atoms with E-state index in [1.807, 2.05) is 24.2 Å². The number of carbonyl (C=O) groups excluding carboxylic acids is 2. The van der Waals surface area contributed by atoms with Gasteiger partial charge in [-0.1, -0.05) is 12.8 Å². The van der Waals surface area contributed by atoms with Crippen LogP contribution in [0.2, 0.25) is 0 Å². The Kier molecular flexibility index (Phi) is 5.86. The monoisotopic (exact) mass is 306 g/mol. The summed E-state index contributed by atoms with van der Waals surface area (Å²) in [5, 5.41) is 2.53. The zero-order valence-electron chi connectivity index (χ0n) is 13.3. The molecule has 122 valence electrons. The molecular formula is C16H26N4O2. The van der Waals surface area contributed by atoms with E-state index < -0.39 is 6.03 Å². The number of aromatic nitrogens is 1. The van der Waals surface area contributed by atoms with E-state index in [1.165, 1.54) is 12.1 Å². The summed E-state index contributed by atoms with van der Waals surface area (Å²) in [5.41, 5.74) is 6.23. The fraction of sp³-hybridized carbons (Fsp3) is 0.625. The van der Waals surface area contributed by atoms with E-state index in [4.69, 9.17) is 5.73 Å². The molecule has 0 aliphatic carbocycles. The SMILES string of the molecule is Cn1cccc1[C@H]1CCCCCN1C(=O)CCCNC(N)=O. The van der Waals surface area contributed by atoms with E-state index in [0.29, 0.717) is 19.4 Å². The summed E-state index contributed by atoms with van der Waals surface area (Å²) in [6, 6.07) is 3.76. The van der Waals surface area contributed by atoms with Crippen molar-refractivity contribution in [3.63, 3.8) is 0 Å². The fourth-order valence-corrected chi connectivity index (χ4v) is 3.13. The van der Waals surface area contributed by atoms with Crippen LogP contribution in [-0.4, -0.2) is 34.5 Å². The number of rotatable bonds is 5. The van der Waals surface area contributed by atoms with E-state index in [0.717, 1.165) is 25.8 Å². The fourth-order valence-electron chi connectivity index (χ4n) is 3.13. The summed E-state index contributed by atoms with van der Waals surface area (Å²) in [5.74, 6) is 0.166. The smallest absolute Gasteiger partial charge is 0.312 e. The Morgan fingerprint density at radius 3 is 2.86 bits per heavy atom. The average molecular weight is 306 g/mol. The molecule has 1 fully saturated rings. The van der Waals surface area contributed by atoms with Crippen molar-refractivity contribution >= 4 is 11.9 Å². The van der Waals surface area contributed by atoms with E-state index >= 15 is 0 Å². The number of urea groups is 1. The third-order valence-corrected chi connectivity index (χ3v) is 4.27. The van der Waals surface area contributed by atoms with Crippen LogP contribution in [0.1, 0.15) is 50.3 Å². The van der Waals surface area contributed by atoms with Crippen molar-refractivity contribution in [2.75, 3.05) is 13.1 Å². The molecule has 1 atom stereocenters. The maximum Gasteiger partial charge on any atom is 0.312 e. The van der Waals surface area contributed by atoms with Crippen molar-refractivity contribution in [1.29, 1.82) is 0 Å². The first kappa shape index (κ1) is 16.4. The molecule has 0 unspecified atom stereocenters. The van der Waals surface area contributed by atoms with Crippen molar-refractivity contribution in [3.05, 3.63) is 24.0 Å². The average Bonchev–Trinajstić information content (AvgIpc) is 2.75. The molecular weight excluding hydrogens is 280 g/mol. The summed E-state index contributed by atoms with van der Waals surface area (Å²) in [6.45, 7) is 1.27. The zero-order chi connectivity index (χ0) is 15.9. The van der Waals surface area contributed by atoms with E-state index in [2.05, 4.69) is 16.0 Å². The minimum absolute atomic E-state index is 0.166. The van der Waals surface area contributed by atoms with Gasteiger partial charge in [-0.15, -0.1) is 0 Å². The van der Waals surface area contributed by atoms with Gasteiger partial charge in [-0.05, 0) is 31.4 Å². The molecule has 1 saturated heterocycles. The highest BCUT2D eigenvalue weighted by Gasteiger charge is 2.27. The summed E-state index contributed by atoms with van der Waals surface area (Å²) in [4.78, 5) is 25.3. The van der Waals surface area contributed by atoms with Crippen LogP contribution in [-0.2, 0) is 11.8 Å². The maximum atomic E-state index is 12.6. The Bertz CT molecular complexity index is 512. The Labute approximate surface area is 131 Å². The van der Waals surface area contributed by atoms with E-state index in [-0.39, 0.29) is 11.9 Å². The summed E-state index contributed by atoms with van der Waals surface area (Å²) in [7, 11) is 2.03. The van der Waals surface area contributed by atoms with Crippen LogP contribution >= 0.6 is 0 Å². The van der Waals surface area contributed by atoms with Gasteiger partial charge in [0.25, 0.3) is 0 Å². The molecule has 0 spiro atoms. The topological polar surface area (TPSA) is 80.4 Å². The Morgan fingerprint density at radius 2 is 2.18 bits per heavy atom. The van der Waals surface area contributed by atoms with Crippen molar-refractivity contribution in [2.24, 2.45) is 12.8 Å². The van der Waals surface area contributed by atoms with Gasteiger partial charge < -0.3 is 20.5 Å². The molecule has 0 radical (unpaired) electrons. The highest BCUT2D eigenvalue weighted by atomic mass is 16.2. The molecule has 3 N–H and O–H groups in total. The number of hydrogen-bond acceptors (Lipinski definition) is 2. The van der Waals surface area contributed by atoms with E-state index in [9.17, 15) is 9.59 Å². The normalized spacial score (nSPS) is 18.8. The zero-order valence-corrected chi connectivity index (χ0v) is 13.3. The molecule has 0 aromatic carbocycles. The highest BCUT2D eigenvalue weighted by molar-refractivity contribution is 5.77. The predicted octanol–water partition coefficient (Wildman–Crippen LogP) is 1.92. The van der Waals surface area contributed by atoms with Crippen LogP contribution < -0.4 is 11.1 Å². The van der Waals surface area contributed by atoms with Gasteiger partial charge in [-0.2, -0.15) is 0 Å². The second kappa shape index (κ2) is 7.87. The lowest BCUT2D eigenvalue weighted by molar-refractivity contribution is -0.133. The number of primary amides is 1. The highest BCUT2D eigenvalue weighted by Crippen LogP contribution is 2.30. The van der Waals surface area contributed by atoms with Crippen LogP contribution in [0.25, 0.3) is 0 Å². The number of nitrogens with two attached hydrogens (primary N) is 1. The van der Waals surface area contributed by atoms with Crippen molar-refractivity contribution in [3.8, 4) is 0 Å². The lowest BCUT2D eigenvalue weighted by Gasteiger charge is -2.30. The minimum atomic E-state index is -0.538. The molecule has 1 aromatic heterocycles. The van der Waals surface area contributed by atoms with Gasteiger partial charge in [0.15, 0.2) is 0 Å². The number of hydrogen-bond donors (Lipinski definition) is 2. The molecule has 1 aliphatic rings. The van der Waals surface area contributed by atoms with Crippen molar-refractivity contribution in [1.82, 2.24) is 14.8 Å². The summed E-state index contributed by atoms with van der Waals surface area (Å²) >= 11 is 0. The van der Waals surface area contributed by atoms with Crippen LogP contribution in [0, 0.1) is 0 Å². The van der Waals surface area contributed by atoms with Gasteiger partial charge >= 0.3 is 6.03 Å². The molecule has 0 saturated carbocycles. The molecule has 2 rings (SSSR count). The molecule has 1 aliphatic heterocycles.